The van der Waals surface area contributed by atoms with E-state index in [0.717, 1.165) is 43.5 Å². The maximum atomic E-state index is 12.5. The van der Waals surface area contributed by atoms with Crippen LogP contribution >= 0.6 is 0 Å². The van der Waals surface area contributed by atoms with Crippen LogP contribution in [0.2, 0.25) is 0 Å². The fourth-order valence-corrected chi connectivity index (χ4v) is 2.83. The summed E-state index contributed by atoms with van der Waals surface area (Å²) in [5.41, 5.74) is 1.09. The van der Waals surface area contributed by atoms with Gasteiger partial charge in [0.1, 0.15) is 11.9 Å². The van der Waals surface area contributed by atoms with Gasteiger partial charge in [-0.2, -0.15) is 0 Å². The minimum atomic E-state index is -0.0668. The molecule has 1 aliphatic heterocycles. The molecule has 1 saturated heterocycles. The Labute approximate surface area is 127 Å². The average Bonchev–Trinajstić information content (AvgIpc) is 2.84. The van der Waals surface area contributed by atoms with Crippen molar-refractivity contribution in [2.24, 2.45) is 0 Å². The zero-order chi connectivity index (χ0) is 15.2. The Kier molecular flexibility index (Phi) is 5.62. The van der Waals surface area contributed by atoms with Gasteiger partial charge in [-0.15, -0.1) is 0 Å². The summed E-state index contributed by atoms with van der Waals surface area (Å²) >= 11 is 0. The Morgan fingerprint density at radius 3 is 2.76 bits per heavy atom. The van der Waals surface area contributed by atoms with Crippen molar-refractivity contribution in [1.82, 2.24) is 10.2 Å². The third-order valence-corrected chi connectivity index (χ3v) is 4.07. The monoisotopic (exact) mass is 290 g/mol. The topological polar surface area (TPSA) is 41.6 Å². The highest BCUT2D eigenvalue weighted by Gasteiger charge is 2.38. The Bertz CT molecular complexity index is 476. The summed E-state index contributed by atoms with van der Waals surface area (Å²) in [5, 5.41) is 3.46. The van der Waals surface area contributed by atoms with Gasteiger partial charge in [0, 0.05) is 6.54 Å². The van der Waals surface area contributed by atoms with E-state index in [4.69, 9.17) is 4.74 Å². The molecule has 2 unspecified atom stereocenters. The molecular weight excluding hydrogens is 264 g/mol. The summed E-state index contributed by atoms with van der Waals surface area (Å²) in [5.74, 6) is 1.05. The van der Waals surface area contributed by atoms with E-state index in [1.54, 1.807) is 7.11 Å². The number of unbranched alkanes of at least 4 members (excludes halogenated alkanes) is 2. The normalized spacial score (nSPS) is 21.9. The van der Waals surface area contributed by atoms with Gasteiger partial charge in [0.15, 0.2) is 0 Å². The van der Waals surface area contributed by atoms with Crippen molar-refractivity contribution in [3.8, 4) is 5.75 Å². The third kappa shape index (κ3) is 3.56. The number of hydrogen-bond acceptors (Lipinski definition) is 3. The summed E-state index contributed by atoms with van der Waals surface area (Å²) < 4.78 is 5.30. The van der Waals surface area contributed by atoms with Crippen molar-refractivity contribution < 1.29 is 9.53 Å². The van der Waals surface area contributed by atoms with Crippen LogP contribution in [0, 0.1) is 0 Å². The van der Waals surface area contributed by atoms with E-state index in [1.165, 1.54) is 0 Å². The summed E-state index contributed by atoms with van der Waals surface area (Å²) in [7, 11) is 1.67. The van der Waals surface area contributed by atoms with Gasteiger partial charge in [-0.05, 0) is 30.5 Å². The van der Waals surface area contributed by atoms with Crippen LogP contribution in [-0.4, -0.2) is 30.5 Å². The number of rotatable bonds is 7. The molecule has 0 aromatic heterocycles. The number of amides is 1. The fraction of sp³-hybridized carbons (Fsp3) is 0.588. The zero-order valence-corrected chi connectivity index (χ0v) is 13.3. The van der Waals surface area contributed by atoms with Crippen molar-refractivity contribution in [2.75, 3.05) is 13.7 Å². The van der Waals surface area contributed by atoms with Crippen LogP contribution in [0.4, 0.5) is 0 Å². The van der Waals surface area contributed by atoms with Gasteiger partial charge >= 0.3 is 0 Å². The molecule has 1 amide bonds. The highest BCUT2D eigenvalue weighted by molar-refractivity contribution is 5.84. The molecule has 116 valence electrons. The first-order chi connectivity index (χ1) is 10.2. The predicted octanol–water partition coefficient (Wildman–Crippen LogP) is 3.09. The van der Waals surface area contributed by atoms with E-state index in [-0.39, 0.29) is 18.1 Å². The zero-order valence-electron chi connectivity index (χ0n) is 13.3. The minimum Gasteiger partial charge on any atom is -0.497 e. The molecular formula is C17H26N2O2. The molecule has 21 heavy (non-hydrogen) atoms. The number of hydrogen-bond donors (Lipinski definition) is 1. The third-order valence-electron chi connectivity index (χ3n) is 4.07. The molecule has 1 N–H and O–H groups in total. The number of nitrogens with one attached hydrogen (secondary N) is 1. The maximum Gasteiger partial charge on any atom is 0.241 e. The van der Waals surface area contributed by atoms with Crippen LogP contribution in [0.1, 0.15) is 51.3 Å². The smallest absolute Gasteiger partial charge is 0.241 e. The molecule has 0 saturated carbocycles. The first kappa shape index (κ1) is 15.8. The van der Waals surface area contributed by atoms with E-state index in [2.05, 4.69) is 18.3 Å². The number of methoxy groups -OCH3 is 1. The fourth-order valence-electron chi connectivity index (χ4n) is 2.83. The van der Waals surface area contributed by atoms with Crippen LogP contribution in [0.25, 0.3) is 0 Å². The lowest BCUT2D eigenvalue weighted by Crippen LogP contribution is -2.31. The van der Waals surface area contributed by atoms with Gasteiger partial charge in [0.05, 0.1) is 13.2 Å². The van der Waals surface area contributed by atoms with Crippen LogP contribution in [-0.2, 0) is 4.79 Å². The van der Waals surface area contributed by atoms with Gasteiger partial charge in [-0.25, -0.2) is 0 Å². The van der Waals surface area contributed by atoms with Crippen molar-refractivity contribution >= 4 is 5.91 Å². The molecule has 0 spiro atoms. The minimum absolute atomic E-state index is 0.0330. The van der Waals surface area contributed by atoms with Crippen molar-refractivity contribution in [3.05, 3.63) is 29.8 Å². The van der Waals surface area contributed by atoms with Gasteiger partial charge in [0.2, 0.25) is 5.91 Å². The van der Waals surface area contributed by atoms with Crippen LogP contribution in [0.5, 0.6) is 5.75 Å². The molecule has 4 nitrogen and oxygen atoms in total. The predicted molar refractivity (Wildman–Crippen MR) is 84.2 cm³/mol. The summed E-state index contributed by atoms with van der Waals surface area (Å²) in [6.07, 6.45) is 4.17. The van der Waals surface area contributed by atoms with Gasteiger partial charge in [-0.3, -0.25) is 10.1 Å². The van der Waals surface area contributed by atoms with Gasteiger partial charge < -0.3 is 9.64 Å². The molecule has 4 heteroatoms. The summed E-state index contributed by atoms with van der Waals surface area (Å²) in [6.45, 7) is 5.05. The second-order valence-corrected chi connectivity index (χ2v) is 5.55. The van der Waals surface area contributed by atoms with Crippen LogP contribution in [0.3, 0.4) is 0 Å². The SMILES string of the molecule is CCCCCN1C(=O)C(CC)NC1c1cccc(OC)c1. The molecule has 0 bridgehead atoms. The summed E-state index contributed by atoms with van der Waals surface area (Å²) in [6, 6.07) is 7.90. The van der Waals surface area contributed by atoms with E-state index in [9.17, 15) is 4.79 Å². The Morgan fingerprint density at radius 2 is 2.10 bits per heavy atom. The number of carbonyl (C=O) groups is 1. The lowest BCUT2D eigenvalue weighted by Gasteiger charge is -2.24. The lowest BCUT2D eigenvalue weighted by atomic mass is 10.1. The van der Waals surface area contributed by atoms with Crippen molar-refractivity contribution in [3.63, 3.8) is 0 Å². The van der Waals surface area contributed by atoms with Gasteiger partial charge in [0.25, 0.3) is 0 Å². The Balaban J connectivity index is 2.18. The van der Waals surface area contributed by atoms with Crippen LogP contribution < -0.4 is 10.1 Å². The van der Waals surface area contributed by atoms with Crippen molar-refractivity contribution in [2.45, 2.75) is 51.7 Å². The molecule has 1 aromatic rings. The molecule has 1 heterocycles. The Hall–Kier alpha value is -1.55. The Morgan fingerprint density at radius 1 is 1.29 bits per heavy atom. The van der Waals surface area contributed by atoms with Gasteiger partial charge in [-0.1, -0.05) is 38.8 Å². The molecule has 1 aliphatic rings. The number of ether oxygens (including phenoxy) is 1. The average molecular weight is 290 g/mol. The van der Waals surface area contributed by atoms with Crippen molar-refractivity contribution in [1.29, 1.82) is 0 Å². The van der Waals surface area contributed by atoms with Crippen LogP contribution in [0.15, 0.2) is 24.3 Å². The highest BCUT2D eigenvalue weighted by Crippen LogP contribution is 2.29. The standard InChI is InChI=1S/C17H26N2O2/c1-4-6-7-11-19-16(18-15(5-2)17(19)20)13-9-8-10-14(12-13)21-3/h8-10,12,15-16,18H,4-7,11H2,1-3H3. The molecule has 0 aliphatic carbocycles. The maximum absolute atomic E-state index is 12.5. The summed E-state index contributed by atoms with van der Waals surface area (Å²) in [4.78, 5) is 14.5. The lowest BCUT2D eigenvalue weighted by molar-refractivity contribution is -0.130. The second-order valence-electron chi connectivity index (χ2n) is 5.55. The molecule has 0 radical (unpaired) electrons. The first-order valence-corrected chi connectivity index (χ1v) is 7.91. The second kappa shape index (κ2) is 7.46. The van der Waals surface area contributed by atoms with E-state index in [1.807, 2.05) is 30.0 Å². The first-order valence-electron chi connectivity index (χ1n) is 7.91. The number of benzene rings is 1. The number of nitrogens with zero attached hydrogens (tertiary/aromatic N) is 1. The largest absolute Gasteiger partial charge is 0.497 e. The molecule has 1 fully saturated rings. The quantitative estimate of drug-likeness (QED) is 0.785. The van der Waals surface area contributed by atoms with E-state index < -0.39 is 0 Å². The number of carbonyl (C=O) groups excluding carboxylic acids is 1. The van der Waals surface area contributed by atoms with E-state index >= 15 is 0 Å². The molecule has 2 rings (SSSR count). The molecule has 2 atom stereocenters. The highest BCUT2D eigenvalue weighted by atomic mass is 16.5. The van der Waals surface area contributed by atoms with E-state index in [0.29, 0.717) is 0 Å². The molecule has 1 aromatic carbocycles.